The van der Waals surface area contributed by atoms with Crippen LogP contribution in [-0.4, -0.2) is 16.1 Å². The van der Waals surface area contributed by atoms with Crippen LogP contribution >= 0.6 is 23.5 Å². The van der Waals surface area contributed by atoms with Gasteiger partial charge in [0.25, 0.3) is 0 Å². The van der Waals surface area contributed by atoms with Gasteiger partial charge in [-0.1, -0.05) is 13.0 Å². The molecule has 3 rings (SSSR count). The number of aryl methyl sites for hydroxylation is 1. The molecule has 1 aliphatic rings. The zero-order valence-electron chi connectivity index (χ0n) is 14.6. The third-order valence-corrected chi connectivity index (χ3v) is 7.37. The van der Waals surface area contributed by atoms with E-state index in [4.69, 9.17) is 0 Å². The fourth-order valence-electron chi connectivity index (χ4n) is 3.16. The van der Waals surface area contributed by atoms with Gasteiger partial charge in [0.2, 0.25) is 0 Å². The van der Waals surface area contributed by atoms with Gasteiger partial charge in [-0.05, 0) is 72.9 Å². The van der Waals surface area contributed by atoms with E-state index >= 15 is 0 Å². The number of fused-ring (bicyclic) bond motifs is 1. The molecular weight excluding hydrogens is 377 g/mol. The molecule has 1 aliphatic heterocycles. The molecule has 1 heterocycles. The SMILES string of the molecule is Cc1cc(SCCCC2Sc3cc(C(F)(F)F)ccc3C2C)ccc1O. The Bertz CT molecular complexity index is 789. The van der Waals surface area contributed by atoms with Crippen LogP contribution in [0.4, 0.5) is 13.2 Å². The summed E-state index contributed by atoms with van der Waals surface area (Å²) in [5.41, 5.74) is 1.34. The minimum absolute atomic E-state index is 0.276. The van der Waals surface area contributed by atoms with Gasteiger partial charge in [0.05, 0.1) is 5.56 Å². The highest BCUT2D eigenvalue weighted by Crippen LogP contribution is 2.48. The molecule has 0 spiro atoms. The highest BCUT2D eigenvalue weighted by atomic mass is 32.2. The summed E-state index contributed by atoms with van der Waals surface area (Å²) in [6, 6.07) is 9.73. The quantitative estimate of drug-likeness (QED) is 0.438. The second kappa shape index (κ2) is 7.77. The molecule has 0 fully saturated rings. The van der Waals surface area contributed by atoms with Gasteiger partial charge in [0.15, 0.2) is 0 Å². The van der Waals surface area contributed by atoms with E-state index in [0.717, 1.165) is 39.5 Å². The van der Waals surface area contributed by atoms with Gasteiger partial charge < -0.3 is 5.11 Å². The van der Waals surface area contributed by atoms with E-state index in [-0.39, 0.29) is 5.92 Å². The van der Waals surface area contributed by atoms with Crippen molar-refractivity contribution in [2.24, 2.45) is 0 Å². The normalized spacial score (nSPS) is 19.6. The number of aromatic hydroxyl groups is 1. The summed E-state index contributed by atoms with van der Waals surface area (Å²) in [4.78, 5) is 1.91. The van der Waals surface area contributed by atoms with E-state index in [9.17, 15) is 18.3 Å². The maximum Gasteiger partial charge on any atom is 0.416 e. The smallest absolute Gasteiger partial charge is 0.416 e. The molecule has 0 aromatic heterocycles. The highest BCUT2D eigenvalue weighted by Gasteiger charge is 2.35. The number of halogens is 3. The minimum atomic E-state index is -4.28. The average molecular weight is 399 g/mol. The summed E-state index contributed by atoms with van der Waals surface area (Å²) < 4.78 is 38.7. The number of hydrogen-bond acceptors (Lipinski definition) is 3. The van der Waals surface area contributed by atoms with Gasteiger partial charge in [0.1, 0.15) is 5.75 Å². The molecule has 2 aromatic carbocycles. The van der Waals surface area contributed by atoms with Gasteiger partial charge in [-0.3, -0.25) is 0 Å². The summed E-state index contributed by atoms with van der Waals surface area (Å²) in [7, 11) is 0. The Labute approximate surface area is 160 Å². The summed E-state index contributed by atoms with van der Waals surface area (Å²) in [6.07, 6.45) is -2.30. The van der Waals surface area contributed by atoms with Crippen LogP contribution in [0.1, 0.15) is 42.4 Å². The molecule has 140 valence electrons. The van der Waals surface area contributed by atoms with Crippen LogP contribution in [-0.2, 0) is 6.18 Å². The molecule has 0 bridgehead atoms. The lowest BCUT2D eigenvalue weighted by molar-refractivity contribution is -0.137. The van der Waals surface area contributed by atoms with Crippen LogP contribution in [0, 0.1) is 6.92 Å². The monoisotopic (exact) mass is 398 g/mol. The molecule has 1 N–H and O–H groups in total. The Morgan fingerprint density at radius 1 is 1.15 bits per heavy atom. The number of benzene rings is 2. The van der Waals surface area contributed by atoms with Gasteiger partial charge >= 0.3 is 6.18 Å². The van der Waals surface area contributed by atoms with Crippen LogP contribution in [0.2, 0.25) is 0 Å². The Balaban J connectivity index is 1.54. The first-order chi connectivity index (χ1) is 12.3. The Morgan fingerprint density at radius 3 is 2.62 bits per heavy atom. The predicted molar refractivity (Wildman–Crippen MR) is 102 cm³/mol. The number of hydrogen-bond donors (Lipinski definition) is 1. The van der Waals surface area contributed by atoms with E-state index < -0.39 is 11.7 Å². The first kappa shape index (κ1) is 19.5. The predicted octanol–water partition coefficient (Wildman–Crippen LogP) is 6.87. The summed E-state index contributed by atoms with van der Waals surface area (Å²) in [5.74, 6) is 1.54. The molecule has 0 saturated heterocycles. The largest absolute Gasteiger partial charge is 0.508 e. The van der Waals surface area contributed by atoms with Crippen LogP contribution < -0.4 is 0 Å². The summed E-state index contributed by atoms with van der Waals surface area (Å²) in [5, 5.41) is 9.89. The lowest BCUT2D eigenvalue weighted by atomic mass is 9.95. The Morgan fingerprint density at radius 2 is 1.92 bits per heavy atom. The molecule has 2 atom stereocenters. The Kier molecular flexibility index (Phi) is 5.82. The summed E-state index contributed by atoms with van der Waals surface area (Å²) >= 11 is 3.33. The first-order valence-corrected chi connectivity index (χ1v) is 10.4. The van der Waals surface area contributed by atoms with Crippen molar-refractivity contribution in [1.29, 1.82) is 0 Å². The van der Waals surface area contributed by atoms with Crippen molar-refractivity contribution >= 4 is 23.5 Å². The first-order valence-electron chi connectivity index (χ1n) is 8.56. The molecule has 0 aliphatic carbocycles. The molecule has 0 saturated carbocycles. The third kappa shape index (κ3) is 4.34. The maximum absolute atomic E-state index is 12.9. The lowest BCUT2D eigenvalue weighted by Gasteiger charge is -2.14. The van der Waals surface area contributed by atoms with Crippen molar-refractivity contribution in [2.75, 3.05) is 5.75 Å². The standard InChI is InChI=1S/C20H21F3OS2/c1-12-10-15(6-8-17(12)24)25-9-3-4-18-13(2)16-7-5-14(20(21,22)23)11-19(16)26-18/h5-8,10-11,13,18,24H,3-4,9H2,1-2H3. The van der Waals surface area contributed by atoms with E-state index in [0.29, 0.717) is 11.0 Å². The second-order valence-electron chi connectivity index (χ2n) is 6.63. The fourth-order valence-corrected chi connectivity index (χ4v) is 5.67. The number of rotatable bonds is 5. The van der Waals surface area contributed by atoms with Crippen LogP contribution in [0.3, 0.4) is 0 Å². The van der Waals surface area contributed by atoms with E-state index in [1.807, 2.05) is 19.1 Å². The van der Waals surface area contributed by atoms with Crippen molar-refractivity contribution in [3.8, 4) is 5.75 Å². The molecule has 6 heteroatoms. The van der Waals surface area contributed by atoms with Crippen molar-refractivity contribution in [3.05, 3.63) is 53.1 Å². The number of thioether (sulfide) groups is 2. The maximum atomic E-state index is 12.9. The molecule has 2 unspecified atom stereocenters. The average Bonchev–Trinajstić information content (AvgIpc) is 2.90. The topological polar surface area (TPSA) is 20.2 Å². The van der Waals surface area contributed by atoms with Crippen molar-refractivity contribution in [2.45, 2.75) is 53.8 Å². The van der Waals surface area contributed by atoms with Gasteiger partial charge in [-0.25, -0.2) is 0 Å². The lowest BCUT2D eigenvalue weighted by Crippen LogP contribution is -2.07. The molecule has 1 nitrogen and oxygen atoms in total. The van der Waals surface area contributed by atoms with E-state index in [1.54, 1.807) is 35.7 Å². The second-order valence-corrected chi connectivity index (χ2v) is 9.08. The van der Waals surface area contributed by atoms with E-state index in [2.05, 4.69) is 6.92 Å². The molecular formula is C20H21F3OS2. The molecule has 2 aromatic rings. The van der Waals surface area contributed by atoms with Gasteiger partial charge in [-0.2, -0.15) is 13.2 Å². The van der Waals surface area contributed by atoms with Crippen molar-refractivity contribution < 1.29 is 18.3 Å². The van der Waals surface area contributed by atoms with Gasteiger partial charge in [-0.15, -0.1) is 23.5 Å². The molecule has 0 radical (unpaired) electrons. The Hall–Kier alpha value is -1.27. The number of phenols is 1. The molecule has 0 amide bonds. The molecule has 26 heavy (non-hydrogen) atoms. The van der Waals surface area contributed by atoms with Crippen LogP contribution in [0.5, 0.6) is 5.75 Å². The number of phenolic OH excluding ortho intramolecular Hbond substituents is 1. The third-order valence-electron chi connectivity index (χ3n) is 4.74. The highest BCUT2D eigenvalue weighted by molar-refractivity contribution is 8.00. The number of alkyl halides is 3. The van der Waals surface area contributed by atoms with E-state index in [1.165, 1.54) is 12.1 Å². The van der Waals surface area contributed by atoms with Crippen LogP contribution in [0.15, 0.2) is 46.2 Å². The van der Waals surface area contributed by atoms with Crippen molar-refractivity contribution in [3.63, 3.8) is 0 Å². The fraction of sp³-hybridized carbons (Fsp3) is 0.400. The van der Waals surface area contributed by atoms with Crippen LogP contribution in [0.25, 0.3) is 0 Å². The zero-order valence-corrected chi connectivity index (χ0v) is 16.3. The van der Waals surface area contributed by atoms with Gasteiger partial charge in [0, 0.05) is 15.0 Å². The minimum Gasteiger partial charge on any atom is -0.508 e. The summed E-state index contributed by atoms with van der Waals surface area (Å²) in [6.45, 7) is 3.98. The van der Waals surface area contributed by atoms with Crippen molar-refractivity contribution in [1.82, 2.24) is 0 Å². The zero-order chi connectivity index (χ0) is 18.9.